The van der Waals surface area contributed by atoms with Gasteiger partial charge < -0.3 is 14.8 Å². The Morgan fingerprint density at radius 1 is 1.21 bits per heavy atom. The molecule has 14 heavy (non-hydrogen) atoms. The molecule has 2 unspecified atom stereocenters. The first-order valence-corrected chi connectivity index (χ1v) is 5.66. The van der Waals surface area contributed by atoms with Gasteiger partial charge in [0.15, 0.2) is 0 Å². The third-order valence-corrected chi connectivity index (χ3v) is 2.25. The highest BCUT2D eigenvalue weighted by molar-refractivity contribution is 4.74. The largest absolute Gasteiger partial charge is 0.380 e. The minimum atomic E-state index is 0.266. The van der Waals surface area contributed by atoms with Gasteiger partial charge in [0.2, 0.25) is 0 Å². The van der Waals surface area contributed by atoms with Crippen LogP contribution in [0.4, 0.5) is 0 Å². The van der Waals surface area contributed by atoms with Crippen LogP contribution in [0.5, 0.6) is 0 Å². The van der Waals surface area contributed by atoms with E-state index in [-0.39, 0.29) is 6.10 Å². The van der Waals surface area contributed by atoms with E-state index in [1.165, 1.54) is 0 Å². The van der Waals surface area contributed by atoms with Crippen molar-refractivity contribution in [2.45, 2.75) is 45.8 Å². The van der Waals surface area contributed by atoms with E-state index >= 15 is 0 Å². The van der Waals surface area contributed by atoms with Gasteiger partial charge in [0.05, 0.1) is 18.8 Å². The van der Waals surface area contributed by atoms with E-state index in [9.17, 15) is 0 Å². The van der Waals surface area contributed by atoms with Gasteiger partial charge in [0.25, 0.3) is 0 Å². The van der Waals surface area contributed by atoms with E-state index in [0.29, 0.717) is 6.04 Å². The van der Waals surface area contributed by atoms with E-state index in [2.05, 4.69) is 19.2 Å². The van der Waals surface area contributed by atoms with Crippen LogP contribution in [0.3, 0.4) is 0 Å². The Labute approximate surface area is 88.2 Å². The van der Waals surface area contributed by atoms with Crippen molar-refractivity contribution in [2.24, 2.45) is 0 Å². The molecule has 0 fully saturated rings. The van der Waals surface area contributed by atoms with E-state index in [1.807, 2.05) is 14.0 Å². The summed E-state index contributed by atoms with van der Waals surface area (Å²) in [6, 6.07) is 0.312. The van der Waals surface area contributed by atoms with Crippen LogP contribution in [0.15, 0.2) is 0 Å². The maximum Gasteiger partial charge on any atom is 0.0747 e. The fraction of sp³-hybridized carbons (Fsp3) is 1.00. The molecule has 3 heteroatoms. The second-order valence-electron chi connectivity index (χ2n) is 3.37. The maximum absolute atomic E-state index is 5.63. The lowest BCUT2D eigenvalue weighted by Crippen LogP contribution is -2.42. The molecule has 0 spiro atoms. The lowest BCUT2D eigenvalue weighted by atomic mass is 10.1. The first kappa shape index (κ1) is 13.9. The molecule has 0 saturated carbocycles. The first-order chi connectivity index (χ1) is 6.79. The molecule has 0 aliphatic carbocycles. The summed E-state index contributed by atoms with van der Waals surface area (Å²) in [6.45, 7) is 8.63. The molecular weight excluding hydrogens is 178 g/mol. The Kier molecular flexibility index (Phi) is 9.35. The van der Waals surface area contributed by atoms with Crippen molar-refractivity contribution in [3.8, 4) is 0 Å². The number of likely N-dealkylation sites (N-methyl/N-ethyl adjacent to an activating group) is 1. The predicted octanol–water partition coefficient (Wildman–Crippen LogP) is 1.82. The Morgan fingerprint density at radius 2 is 1.93 bits per heavy atom. The summed E-state index contributed by atoms with van der Waals surface area (Å²) >= 11 is 0. The topological polar surface area (TPSA) is 30.5 Å². The molecule has 0 bridgehead atoms. The van der Waals surface area contributed by atoms with Crippen LogP contribution in [0.2, 0.25) is 0 Å². The Bertz CT molecular complexity index is 120. The SMILES string of the molecule is CCCOCC(NC)C(CC)OCC. The molecule has 0 aliphatic rings. The lowest BCUT2D eigenvalue weighted by molar-refractivity contribution is 0.000861. The van der Waals surface area contributed by atoms with Crippen molar-refractivity contribution in [3.63, 3.8) is 0 Å². The molecule has 3 nitrogen and oxygen atoms in total. The molecular formula is C11H25NO2. The van der Waals surface area contributed by atoms with Crippen molar-refractivity contribution in [3.05, 3.63) is 0 Å². The highest BCUT2D eigenvalue weighted by atomic mass is 16.5. The summed E-state index contributed by atoms with van der Waals surface area (Å²) in [7, 11) is 1.96. The minimum Gasteiger partial charge on any atom is -0.380 e. The van der Waals surface area contributed by atoms with Crippen molar-refractivity contribution < 1.29 is 9.47 Å². The third kappa shape index (κ3) is 5.58. The molecule has 0 aliphatic heterocycles. The van der Waals surface area contributed by atoms with Gasteiger partial charge in [0.1, 0.15) is 0 Å². The number of hydrogen-bond acceptors (Lipinski definition) is 3. The van der Waals surface area contributed by atoms with Crippen LogP contribution in [0.25, 0.3) is 0 Å². The van der Waals surface area contributed by atoms with E-state index in [1.54, 1.807) is 0 Å². The molecule has 0 aromatic rings. The number of hydrogen-bond donors (Lipinski definition) is 1. The summed E-state index contributed by atoms with van der Waals surface area (Å²) < 4.78 is 11.2. The lowest BCUT2D eigenvalue weighted by Gasteiger charge is -2.25. The summed E-state index contributed by atoms with van der Waals surface area (Å²) in [6.07, 6.45) is 2.36. The van der Waals surface area contributed by atoms with Crippen molar-refractivity contribution >= 4 is 0 Å². The maximum atomic E-state index is 5.63. The average molecular weight is 203 g/mol. The highest BCUT2D eigenvalue weighted by Gasteiger charge is 2.18. The zero-order valence-electron chi connectivity index (χ0n) is 10.0. The quantitative estimate of drug-likeness (QED) is 0.580. The smallest absolute Gasteiger partial charge is 0.0747 e. The zero-order chi connectivity index (χ0) is 10.8. The number of rotatable bonds is 9. The second kappa shape index (κ2) is 9.44. The molecule has 0 aromatic heterocycles. The molecule has 0 heterocycles. The Morgan fingerprint density at radius 3 is 2.36 bits per heavy atom. The summed E-state index contributed by atoms with van der Waals surface area (Å²) in [4.78, 5) is 0. The van der Waals surface area contributed by atoms with Crippen LogP contribution in [0, 0.1) is 0 Å². The third-order valence-electron chi connectivity index (χ3n) is 2.25. The molecule has 0 amide bonds. The van der Waals surface area contributed by atoms with Gasteiger partial charge in [-0.1, -0.05) is 13.8 Å². The summed E-state index contributed by atoms with van der Waals surface area (Å²) in [5, 5.41) is 3.25. The van der Waals surface area contributed by atoms with Crippen LogP contribution in [-0.2, 0) is 9.47 Å². The molecule has 2 atom stereocenters. The fourth-order valence-electron chi connectivity index (χ4n) is 1.46. The van der Waals surface area contributed by atoms with Gasteiger partial charge in [0, 0.05) is 13.2 Å². The highest BCUT2D eigenvalue weighted by Crippen LogP contribution is 2.05. The number of nitrogens with one attached hydrogen (secondary N) is 1. The van der Waals surface area contributed by atoms with E-state index in [4.69, 9.17) is 9.47 Å². The van der Waals surface area contributed by atoms with E-state index in [0.717, 1.165) is 32.7 Å². The standard InChI is InChI=1S/C11H25NO2/c1-5-8-13-9-10(12-4)11(6-2)14-7-3/h10-12H,5-9H2,1-4H3. The van der Waals surface area contributed by atoms with Crippen molar-refractivity contribution in [2.75, 3.05) is 26.9 Å². The van der Waals surface area contributed by atoms with Gasteiger partial charge in [-0.2, -0.15) is 0 Å². The van der Waals surface area contributed by atoms with Gasteiger partial charge >= 0.3 is 0 Å². The molecule has 0 rings (SSSR count). The van der Waals surface area contributed by atoms with Gasteiger partial charge in [-0.05, 0) is 26.8 Å². The summed E-state index contributed by atoms with van der Waals surface area (Å²) in [5.41, 5.74) is 0. The normalized spacial score (nSPS) is 15.4. The second-order valence-corrected chi connectivity index (χ2v) is 3.37. The zero-order valence-corrected chi connectivity index (χ0v) is 10.0. The van der Waals surface area contributed by atoms with Crippen LogP contribution < -0.4 is 5.32 Å². The molecule has 0 radical (unpaired) electrons. The first-order valence-electron chi connectivity index (χ1n) is 5.66. The Hall–Kier alpha value is -0.120. The van der Waals surface area contributed by atoms with E-state index < -0.39 is 0 Å². The van der Waals surface area contributed by atoms with Gasteiger partial charge in [-0.15, -0.1) is 0 Å². The van der Waals surface area contributed by atoms with Crippen molar-refractivity contribution in [1.82, 2.24) is 5.32 Å². The van der Waals surface area contributed by atoms with Crippen LogP contribution in [0.1, 0.15) is 33.6 Å². The monoisotopic (exact) mass is 203 g/mol. The molecule has 0 aromatic carbocycles. The fourth-order valence-corrected chi connectivity index (χ4v) is 1.46. The number of ether oxygens (including phenoxy) is 2. The minimum absolute atomic E-state index is 0.266. The molecule has 86 valence electrons. The van der Waals surface area contributed by atoms with Crippen LogP contribution in [-0.4, -0.2) is 39.0 Å². The molecule has 0 saturated heterocycles. The van der Waals surface area contributed by atoms with Gasteiger partial charge in [-0.3, -0.25) is 0 Å². The van der Waals surface area contributed by atoms with Crippen LogP contribution >= 0.6 is 0 Å². The van der Waals surface area contributed by atoms with Gasteiger partial charge in [-0.25, -0.2) is 0 Å². The Balaban J connectivity index is 3.81. The molecule has 1 N–H and O–H groups in total. The summed E-state index contributed by atoms with van der Waals surface area (Å²) in [5.74, 6) is 0. The average Bonchev–Trinajstić information content (AvgIpc) is 2.22. The van der Waals surface area contributed by atoms with Crippen molar-refractivity contribution in [1.29, 1.82) is 0 Å². The predicted molar refractivity (Wildman–Crippen MR) is 59.7 cm³/mol.